The number of pyridine rings is 1. The van der Waals surface area contributed by atoms with Crippen molar-refractivity contribution < 1.29 is 5.94 Å². The summed E-state index contributed by atoms with van der Waals surface area (Å²) in [5.41, 5.74) is 8.12. The molecule has 2 nitrogen and oxygen atoms in total. The molecule has 4 rings (SSSR count). The van der Waals surface area contributed by atoms with Gasteiger partial charge in [0.25, 0.3) is 0 Å². The Morgan fingerprint density at radius 3 is 2.62 bits per heavy atom. The molecular formula is C22H21N2+. The van der Waals surface area contributed by atoms with E-state index in [2.05, 4.69) is 28.5 Å². The molecule has 0 radical (unpaired) electrons. The highest BCUT2D eigenvalue weighted by Crippen LogP contribution is 2.34. The Hall–Kier alpha value is -2.66. The van der Waals surface area contributed by atoms with Gasteiger partial charge in [0.15, 0.2) is 11.4 Å². The van der Waals surface area contributed by atoms with Crippen molar-refractivity contribution in [2.45, 2.75) is 33.1 Å². The van der Waals surface area contributed by atoms with Crippen LogP contribution in [0.5, 0.6) is 0 Å². The maximum absolute atomic E-state index is 8.51. The highest BCUT2D eigenvalue weighted by Gasteiger charge is 2.22. The average molecular weight is 314 g/mol. The van der Waals surface area contributed by atoms with Gasteiger partial charge in [-0.15, -0.1) is 0 Å². The second kappa shape index (κ2) is 5.46. The van der Waals surface area contributed by atoms with Crippen LogP contribution in [0, 0.1) is 20.4 Å². The van der Waals surface area contributed by atoms with Crippen molar-refractivity contribution in [1.29, 1.82) is 0 Å². The molecule has 118 valence electrons. The topological polar surface area (TPSA) is 8.24 Å². The minimum absolute atomic E-state index is 0.505. The molecule has 0 fully saturated rings. The molecule has 0 bridgehead atoms. The van der Waals surface area contributed by atoms with Crippen molar-refractivity contribution in [3.63, 3.8) is 0 Å². The van der Waals surface area contributed by atoms with E-state index >= 15 is 0 Å². The summed E-state index contributed by atoms with van der Waals surface area (Å²) in [6.45, 7) is 11.4. The van der Waals surface area contributed by atoms with E-state index in [9.17, 15) is 0 Å². The predicted molar refractivity (Wildman–Crippen MR) is 98.3 cm³/mol. The van der Waals surface area contributed by atoms with Crippen molar-refractivity contribution in [2.75, 3.05) is 0 Å². The lowest BCUT2D eigenvalue weighted by Gasteiger charge is -2.12. The van der Waals surface area contributed by atoms with Crippen LogP contribution in [0.25, 0.3) is 26.9 Å². The molecule has 0 amide bonds. The summed E-state index contributed by atoms with van der Waals surface area (Å²) in [6, 6.07) is 10.9. The fourth-order valence-electron chi connectivity index (χ4n) is 3.87. The lowest BCUT2D eigenvalue weighted by molar-refractivity contribution is -0.665. The molecule has 0 spiro atoms. The first-order valence-electron chi connectivity index (χ1n) is 8.94. The first-order chi connectivity index (χ1) is 12.0. The molecule has 0 saturated heterocycles. The SMILES string of the molecule is [2H]c1c(C)[n+](C)c(-c2cc3c(cc2C)CCC3)c2ccc([N+]#[C-])cc12. The number of fused-ring (bicyclic) bond motifs is 2. The van der Waals surface area contributed by atoms with E-state index in [1.54, 1.807) is 0 Å². The van der Waals surface area contributed by atoms with Gasteiger partial charge in [-0.25, -0.2) is 4.85 Å². The summed E-state index contributed by atoms with van der Waals surface area (Å²) in [4.78, 5) is 3.54. The molecule has 24 heavy (non-hydrogen) atoms. The number of aromatic nitrogens is 1. The standard InChI is InChI=1S/C22H21N2/c1-14-10-16-6-5-7-17(16)13-21(14)22-20-9-8-19(23-3)12-18(20)11-15(2)24(22)4/h8-13H,5-7H2,1-2,4H3/q+1/i11D. The van der Waals surface area contributed by atoms with E-state index in [0.29, 0.717) is 11.7 Å². The Bertz CT molecular complexity index is 1070. The molecule has 0 aliphatic heterocycles. The van der Waals surface area contributed by atoms with Gasteiger partial charge in [-0.3, -0.25) is 0 Å². The van der Waals surface area contributed by atoms with Gasteiger partial charge in [-0.1, -0.05) is 18.2 Å². The molecule has 2 heteroatoms. The molecule has 0 saturated carbocycles. The van der Waals surface area contributed by atoms with Crippen molar-refractivity contribution in [2.24, 2.45) is 7.05 Å². The third-order valence-electron chi connectivity index (χ3n) is 5.24. The Morgan fingerprint density at radius 1 is 1.12 bits per heavy atom. The van der Waals surface area contributed by atoms with Gasteiger partial charge in [-0.2, -0.15) is 4.57 Å². The van der Waals surface area contributed by atoms with Crippen LogP contribution in [0.2, 0.25) is 0 Å². The molecule has 0 N–H and O–H groups in total. The minimum atomic E-state index is 0.505. The van der Waals surface area contributed by atoms with Crippen LogP contribution in [0.3, 0.4) is 0 Å². The van der Waals surface area contributed by atoms with Gasteiger partial charge in [0.1, 0.15) is 7.05 Å². The summed E-state index contributed by atoms with van der Waals surface area (Å²) >= 11 is 0. The van der Waals surface area contributed by atoms with Crippen LogP contribution in [0.1, 0.15) is 30.2 Å². The Balaban J connectivity index is 2.11. The van der Waals surface area contributed by atoms with Crippen molar-refractivity contribution in [1.82, 2.24) is 0 Å². The monoisotopic (exact) mass is 314 g/mol. The summed E-state index contributed by atoms with van der Waals surface area (Å²) < 4.78 is 10.6. The van der Waals surface area contributed by atoms with E-state index in [1.807, 2.05) is 32.2 Å². The highest BCUT2D eigenvalue weighted by molar-refractivity contribution is 5.95. The number of benzene rings is 2. The largest absolute Gasteiger partial charge is 0.238 e. The van der Waals surface area contributed by atoms with Crippen LogP contribution in [0.4, 0.5) is 5.69 Å². The molecular weight excluding hydrogens is 292 g/mol. The molecule has 1 heterocycles. The van der Waals surface area contributed by atoms with E-state index in [4.69, 9.17) is 7.94 Å². The number of rotatable bonds is 1. The van der Waals surface area contributed by atoms with Crippen LogP contribution in [-0.4, -0.2) is 0 Å². The van der Waals surface area contributed by atoms with Crippen LogP contribution in [0.15, 0.2) is 36.4 Å². The lowest BCUT2D eigenvalue weighted by Crippen LogP contribution is -2.35. The summed E-state index contributed by atoms with van der Waals surface area (Å²) in [5, 5.41) is 1.91. The average Bonchev–Trinajstić information content (AvgIpc) is 3.07. The highest BCUT2D eigenvalue weighted by atomic mass is 14.9. The maximum atomic E-state index is 8.51. The summed E-state index contributed by atoms with van der Waals surface area (Å²) in [7, 11) is 2.04. The fraction of sp³-hybridized carbons (Fsp3) is 0.273. The third kappa shape index (κ3) is 2.20. The van der Waals surface area contributed by atoms with Gasteiger partial charge < -0.3 is 0 Å². The molecule has 2 aromatic carbocycles. The second-order valence-corrected chi connectivity index (χ2v) is 6.75. The number of hydrogen-bond acceptors (Lipinski definition) is 0. The first-order valence-corrected chi connectivity index (χ1v) is 8.44. The van der Waals surface area contributed by atoms with Crippen molar-refractivity contribution >= 4 is 16.5 Å². The molecule has 0 atom stereocenters. The maximum Gasteiger partial charge on any atom is 0.220 e. The van der Waals surface area contributed by atoms with Gasteiger partial charge in [0.05, 0.1) is 13.3 Å². The molecule has 0 unspecified atom stereocenters. The van der Waals surface area contributed by atoms with Crippen LogP contribution < -0.4 is 4.57 Å². The van der Waals surface area contributed by atoms with E-state index in [0.717, 1.165) is 28.6 Å². The van der Waals surface area contributed by atoms with E-state index in [-0.39, 0.29) is 0 Å². The van der Waals surface area contributed by atoms with Gasteiger partial charge in [-0.05, 0) is 60.4 Å². The van der Waals surface area contributed by atoms with Crippen molar-refractivity contribution in [3.8, 4) is 11.3 Å². The molecule has 1 aliphatic rings. The Morgan fingerprint density at radius 2 is 1.88 bits per heavy atom. The quantitative estimate of drug-likeness (QED) is 0.442. The third-order valence-corrected chi connectivity index (χ3v) is 5.24. The fourth-order valence-corrected chi connectivity index (χ4v) is 3.87. The Kier molecular flexibility index (Phi) is 3.13. The minimum Gasteiger partial charge on any atom is -0.238 e. The molecule has 3 aromatic rings. The lowest BCUT2D eigenvalue weighted by atomic mass is 9.95. The zero-order chi connectivity index (χ0) is 17.7. The zero-order valence-corrected chi connectivity index (χ0v) is 14.4. The van der Waals surface area contributed by atoms with E-state index < -0.39 is 0 Å². The zero-order valence-electron chi connectivity index (χ0n) is 15.4. The summed E-state index contributed by atoms with van der Waals surface area (Å²) in [6.07, 6.45) is 3.58. The van der Waals surface area contributed by atoms with Crippen LogP contribution in [-0.2, 0) is 19.9 Å². The number of nitrogens with zero attached hydrogens (tertiary/aromatic N) is 2. The second-order valence-electron chi connectivity index (χ2n) is 6.75. The van der Waals surface area contributed by atoms with Crippen LogP contribution >= 0.6 is 0 Å². The van der Waals surface area contributed by atoms with Gasteiger partial charge >= 0.3 is 0 Å². The molecule has 1 aromatic heterocycles. The number of aryl methyl sites for hydroxylation is 3. The smallest absolute Gasteiger partial charge is 0.220 e. The Labute approximate surface area is 144 Å². The van der Waals surface area contributed by atoms with Gasteiger partial charge in [0.2, 0.25) is 5.69 Å². The number of hydrogen-bond donors (Lipinski definition) is 0. The van der Waals surface area contributed by atoms with Gasteiger partial charge in [0, 0.05) is 18.5 Å². The summed E-state index contributed by atoms with van der Waals surface area (Å²) in [5.74, 6) is 0. The first kappa shape index (κ1) is 13.7. The van der Waals surface area contributed by atoms with E-state index in [1.165, 1.54) is 35.1 Å². The van der Waals surface area contributed by atoms with Crippen molar-refractivity contribution in [3.05, 3.63) is 70.2 Å². The molecule has 1 aliphatic carbocycles. The normalized spacial score (nSPS) is 13.7. The predicted octanol–water partition coefficient (Wildman–Crippen LogP) is 4.99.